The number of carbonyl (C=O) groups excluding carboxylic acids is 2. The van der Waals surface area contributed by atoms with E-state index in [1.54, 1.807) is 6.92 Å². The number of carbonyl (C=O) groups is 2. The van der Waals surface area contributed by atoms with Crippen molar-refractivity contribution in [3.63, 3.8) is 0 Å². The van der Waals surface area contributed by atoms with E-state index in [4.69, 9.17) is 0 Å². The van der Waals surface area contributed by atoms with Crippen LogP contribution in [-0.2, 0) is 9.53 Å². The maximum absolute atomic E-state index is 10.4. The molecule has 0 spiro atoms. The van der Waals surface area contributed by atoms with E-state index < -0.39 is 6.09 Å². The minimum Gasteiger partial charge on any atom is -0.449 e. The van der Waals surface area contributed by atoms with Crippen LogP contribution in [0.3, 0.4) is 0 Å². The van der Waals surface area contributed by atoms with Crippen molar-refractivity contribution in [1.82, 2.24) is 4.90 Å². The van der Waals surface area contributed by atoms with Crippen LogP contribution in [0.4, 0.5) is 4.79 Å². The van der Waals surface area contributed by atoms with Crippen molar-refractivity contribution < 1.29 is 14.3 Å². The molecule has 0 rings (SSSR count). The zero-order chi connectivity index (χ0) is 7.28. The largest absolute Gasteiger partial charge is 0.449 e. The molecule has 0 aliphatic heterocycles. The van der Waals surface area contributed by atoms with Crippen molar-refractivity contribution in [2.75, 3.05) is 13.7 Å². The number of ether oxygens (including phenoxy) is 1. The van der Waals surface area contributed by atoms with Gasteiger partial charge in [-0.1, -0.05) is 0 Å². The lowest BCUT2D eigenvalue weighted by Crippen LogP contribution is -2.25. The third-order valence-corrected chi connectivity index (χ3v) is 0.714. The summed E-state index contributed by atoms with van der Waals surface area (Å²) in [5.41, 5.74) is 0. The normalized spacial score (nSPS) is 8.22. The number of nitrogens with zero attached hydrogens (tertiary/aromatic N) is 1. The number of imide groups is 1. The molecule has 0 aromatic rings. The van der Waals surface area contributed by atoms with Crippen LogP contribution in [0.2, 0.25) is 0 Å². The molecule has 52 valence electrons. The Kier molecular flexibility index (Phi) is 3.43. The number of hydrogen-bond donors (Lipinski definition) is 0. The van der Waals surface area contributed by atoms with Gasteiger partial charge in [0, 0.05) is 7.05 Å². The first-order chi connectivity index (χ1) is 4.22. The van der Waals surface area contributed by atoms with Crippen molar-refractivity contribution in [3.8, 4) is 0 Å². The Hall–Kier alpha value is -1.06. The standard InChI is InChI=1S/C5H9NO3/c1-3-9-5(8)6(2)4-7/h4H,3H2,1-2H3. The summed E-state index contributed by atoms with van der Waals surface area (Å²) < 4.78 is 4.45. The minimum atomic E-state index is -0.618. The molecule has 0 N–H and O–H groups in total. The third kappa shape index (κ3) is 2.69. The molecule has 0 aliphatic rings. The average molecular weight is 131 g/mol. The molecule has 4 heteroatoms. The average Bonchev–Trinajstić information content (AvgIpc) is 1.87. The SMILES string of the molecule is CCOC(=O)N(C)C=O. The Morgan fingerprint density at radius 3 is 2.67 bits per heavy atom. The van der Waals surface area contributed by atoms with Crippen LogP contribution in [0.1, 0.15) is 6.92 Å². The molecule has 2 amide bonds. The topological polar surface area (TPSA) is 46.6 Å². The first-order valence-corrected chi connectivity index (χ1v) is 2.57. The van der Waals surface area contributed by atoms with Crippen molar-refractivity contribution in [3.05, 3.63) is 0 Å². The van der Waals surface area contributed by atoms with Crippen LogP contribution in [0.5, 0.6) is 0 Å². The Labute approximate surface area is 53.4 Å². The number of hydrogen-bond acceptors (Lipinski definition) is 3. The van der Waals surface area contributed by atoms with Gasteiger partial charge in [-0.2, -0.15) is 0 Å². The summed E-state index contributed by atoms with van der Waals surface area (Å²) >= 11 is 0. The highest BCUT2D eigenvalue weighted by Gasteiger charge is 2.04. The van der Waals surface area contributed by atoms with Crippen LogP contribution >= 0.6 is 0 Å². The lowest BCUT2D eigenvalue weighted by molar-refractivity contribution is -0.115. The summed E-state index contributed by atoms with van der Waals surface area (Å²) in [6, 6.07) is 0. The highest BCUT2D eigenvalue weighted by Crippen LogP contribution is 1.83. The summed E-state index contributed by atoms with van der Waals surface area (Å²) in [7, 11) is 1.34. The maximum atomic E-state index is 10.4. The molecular formula is C5H9NO3. The molecule has 0 aliphatic carbocycles. The van der Waals surface area contributed by atoms with Gasteiger partial charge in [-0.3, -0.25) is 9.69 Å². The van der Waals surface area contributed by atoms with E-state index in [9.17, 15) is 9.59 Å². The smallest absolute Gasteiger partial charge is 0.416 e. The van der Waals surface area contributed by atoms with Crippen LogP contribution in [0, 0.1) is 0 Å². The third-order valence-electron chi connectivity index (χ3n) is 0.714. The van der Waals surface area contributed by atoms with Gasteiger partial charge < -0.3 is 4.74 Å². The lowest BCUT2D eigenvalue weighted by Gasteiger charge is -2.06. The monoisotopic (exact) mass is 131 g/mol. The van der Waals surface area contributed by atoms with Gasteiger partial charge in [-0.05, 0) is 6.92 Å². The van der Waals surface area contributed by atoms with Gasteiger partial charge in [0.1, 0.15) is 0 Å². The summed E-state index contributed by atoms with van der Waals surface area (Å²) in [4.78, 5) is 21.1. The Balaban J connectivity index is 3.58. The number of amides is 2. The molecule has 0 atom stereocenters. The second-order valence-corrected chi connectivity index (χ2v) is 1.42. The van der Waals surface area contributed by atoms with Gasteiger partial charge in [0.2, 0.25) is 6.41 Å². The fraction of sp³-hybridized carbons (Fsp3) is 0.600. The van der Waals surface area contributed by atoms with Crippen molar-refractivity contribution >= 4 is 12.5 Å². The zero-order valence-electron chi connectivity index (χ0n) is 5.46. The quantitative estimate of drug-likeness (QED) is 0.504. The molecule has 0 bridgehead atoms. The van der Waals surface area contributed by atoms with Crippen molar-refractivity contribution in [1.29, 1.82) is 0 Å². The lowest BCUT2D eigenvalue weighted by atomic mass is 10.8. The predicted molar refractivity (Wildman–Crippen MR) is 30.8 cm³/mol. The summed E-state index contributed by atoms with van der Waals surface area (Å²) in [6.45, 7) is 1.97. The van der Waals surface area contributed by atoms with Gasteiger partial charge in [0.15, 0.2) is 0 Å². The second-order valence-electron chi connectivity index (χ2n) is 1.42. The fourth-order valence-electron chi connectivity index (χ4n) is 0.268. The van der Waals surface area contributed by atoms with Gasteiger partial charge >= 0.3 is 6.09 Å². The second kappa shape index (κ2) is 3.88. The van der Waals surface area contributed by atoms with E-state index in [0.717, 1.165) is 4.90 Å². The van der Waals surface area contributed by atoms with E-state index in [0.29, 0.717) is 6.41 Å². The molecule has 0 heterocycles. The van der Waals surface area contributed by atoms with Crippen LogP contribution in [-0.4, -0.2) is 31.1 Å². The van der Waals surface area contributed by atoms with Crippen molar-refractivity contribution in [2.45, 2.75) is 6.92 Å². The number of rotatable bonds is 2. The van der Waals surface area contributed by atoms with E-state index >= 15 is 0 Å². The van der Waals surface area contributed by atoms with Gasteiger partial charge in [-0.15, -0.1) is 0 Å². The molecule has 0 unspecified atom stereocenters. The minimum absolute atomic E-state index is 0.289. The van der Waals surface area contributed by atoms with Gasteiger partial charge in [0.05, 0.1) is 6.61 Å². The molecule has 0 radical (unpaired) electrons. The molecule has 0 aromatic carbocycles. The van der Waals surface area contributed by atoms with E-state index in [-0.39, 0.29) is 6.61 Å². The Morgan fingerprint density at radius 2 is 2.33 bits per heavy atom. The predicted octanol–water partition coefficient (Wildman–Crippen LogP) is 0.231. The highest BCUT2D eigenvalue weighted by molar-refractivity contribution is 5.79. The first kappa shape index (κ1) is 7.94. The van der Waals surface area contributed by atoms with Gasteiger partial charge in [0.25, 0.3) is 0 Å². The van der Waals surface area contributed by atoms with Crippen LogP contribution < -0.4 is 0 Å². The molecule has 0 aromatic heterocycles. The highest BCUT2D eigenvalue weighted by atomic mass is 16.6. The fourth-order valence-corrected chi connectivity index (χ4v) is 0.268. The first-order valence-electron chi connectivity index (χ1n) is 2.57. The van der Waals surface area contributed by atoms with Crippen LogP contribution in [0.15, 0.2) is 0 Å². The van der Waals surface area contributed by atoms with E-state index in [1.807, 2.05) is 0 Å². The van der Waals surface area contributed by atoms with Crippen molar-refractivity contribution in [2.24, 2.45) is 0 Å². The molecule has 0 fully saturated rings. The molecule has 0 saturated heterocycles. The molecular weight excluding hydrogens is 122 g/mol. The zero-order valence-corrected chi connectivity index (χ0v) is 5.46. The molecule has 4 nitrogen and oxygen atoms in total. The molecule has 9 heavy (non-hydrogen) atoms. The Morgan fingerprint density at radius 1 is 1.78 bits per heavy atom. The van der Waals surface area contributed by atoms with Crippen LogP contribution in [0.25, 0.3) is 0 Å². The van der Waals surface area contributed by atoms with E-state index in [1.165, 1.54) is 7.05 Å². The summed E-state index contributed by atoms with van der Waals surface area (Å²) in [5, 5.41) is 0. The Bertz CT molecular complexity index is 113. The summed E-state index contributed by atoms with van der Waals surface area (Å²) in [6.07, 6.45) is -0.217. The summed E-state index contributed by atoms with van der Waals surface area (Å²) in [5.74, 6) is 0. The maximum Gasteiger partial charge on any atom is 0.416 e. The van der Waals surface area contributed by atoms with E-state index in [2.05, 4.69) is 4.74 Å². The molecule has 0 saturated carbocycles. The van der Waals surface area contributed by atoms with Gasteiger partial charge in [-0.25, -0.2) is 4.79 Å².